The molecule has 6 nitrogen and oxygen atoms in total. The van der Waals surface area contributed by atoms with Crippen molar-refractivity contribution in [1.29, 1.82) is 0 Å². The summed E-state index contributed by atoms with van der Waals surface area (Å²) in [6.45, 7) is 1.85. The third kappa shape index (κ3) is 4.44. The Hall–Kier alpha value is -2.12. The summed E-state index contributed by atoms with van der Waals surface area (Å²) < 4.78 is 0. The van der Waals surface area contributed by atoms with E-state index < -0.39 is 4.92 Å². The number of carbonyl (C=O) groups excluding carboxylic acids is 1. The van der Waals surface area contributed by atoms with Crippen LogP contribution in [0.2, 0.25) is 5.02 Å². The van der Waals surface area contributed by atoms with E-state index in [2.05, 4.69) is 10.3 Å². The van der Waals surface area contributed by atoms with Crippen LogP contribution in [0.25, 0.3) is 0 Å². The zero-order valence-electron chi connectivity index (χ0n) is 11.6. The predicted molar refractivity (Wildman–Crippen MR) is 86.4 cm³/mol. The number of nitrogens with zero attached hydrogens (tertiary/aromatic N) is 2. The van der Waals surface area contributed by atoms with Gasteiger partial charge in [-0.15, -0.1) is 0 Å². The third-order valence-electron chi connectivity index (χ3n) is 2.75. The quantitative estimate of drug-likeness (QED) is 0.511. The average molecular weight is 338 g/mol. The Morgan fingerprint density at radius 3 is 2.77 bits per heavy atom. The molecule has 1 N–H and O–H groups in total. The Morgan fingerprint density at radius 1 is 1.41 bits per heavy atom. The number of benzene rings is 1. The molecular formula is C14H12ClN3O3S. The Kier molecular flexibility index (Phi) is 5.35. The van der Waals surface area contributed by atoms with Crippen molar-refractivity contribution in [2.45, 2.75) is 11.9 Å². The zero-order chi connectivity index (χ0) is 16.1. The summed E-state index contributed by atoms with van der Waals surface area (Å²) in [6.07, 6.45) is 1.17. The van der Waals surface area contributed by atoms with Gasteiger partial charge in [-0.05, 0) is 36.8 Å². The van der Waals surface area contributed by atoms with Crippen molar-refractivity contribution in [3.05, 3.63) is 57.2 Å². The number of anilines is 1. The normalized spacial score (nSPS) is 10.3. The number of aryl methyl sites for hydroxylation is 1. The molecule has 1 aromatic carbocycles. The second kappa shape index (κ2) is 7.24. The monoisotopic (exact) mass is 337 g/mol. The maximum atomic E-state index is 11.9. The van der Waals surface area contributed by atoms with Gasteiger partial charge in [-0.25, -0.2) is 4.98 Å². The van der Waals surface area contributed by atoms with Gasteiger partial charge in [0.1, 0.15) is 6.20 Å². The fourth-order valence-electron chi connectivity index (χ4n) is 1.66. The standard InChI is InChI=1S/C14H12ClN3O3S/c1-9-6-10(15)2-4-12(9)17-13(19)8-22-14-5-3-11(7-16-14)18(20)21/h2-7H,8H2,1H3,(H,17,19). The van der Waals surface area contributed by atoms with Gasteiger partial charge in [0.25, 0.3) is 5.69 Å². The van der Waals surface area contributed by atoms with E-state index in [1.165, 1.54) is 30.1 Å². The second-order valence-corrected chi connectivity index (χ2v) is 5.84. The number of amides is 1. The van der Waals surface area contributed by atoms with Gasteiger partial charge < -0.3 is 5.32 Å². The van der Waals surface area contributed by atoms with Crippen LogP contribution in [0, 0.1) is 17.0 Å². The van der Waals surface area contributed by atoms with Crippen molar-refractivity contribution in [3.63, 3.8) is 0 Å². The highest BCUT2D eigenvalue weighted by molar-refractivity contribution is 7.99. The average Bonchev–Trinajstić information content (AvgIpc) is 2.48. The summed E-state index contributed by atoms with van der Waals surface area (Å²) in [5.41, 5.74) is 1.50. The van der Waals surface area contributed by atoms with Crippen molar-refractivity contribution >= 4 is 40.6 Å². The molecule has 0 spiro atoms. The van der Waals surface area contributed by atoms with Gasteiger partial charge in [0.2, 0.25) is 5.91 Å². The molecule has 1 heterocycles. The molecule has 0 aliphatic heterocycles. The number of thioether (sulfide) groups is 1. The molecule has 0 atom stereocenters. The lowest BCUT2D eigenvalue weighted by atomic mass is 10.2. The largest absolute Gasteiger partial charge is 0.325 e. The maximum Gasteiger partial charge on any atom is 0.287 e. The van der Waals surface area contributed by atoms with Crippen LogP contribution in [-0.2, 0) is 4.79 Å². The summed E-state index contributed by atoms with van der Waals surface area (Å²) in [6, 6.07) is 8.09. The highest BCUT2D eigenvalue weighted by atomic mass is 35.5. The summed E-state index contributed by atoms with van der Waals surface area (Å²) in [7, 11) is 0. The van der Waals surface area contributed by atoms with Crippen LogP contribution in [-0.4, -0.2) is 21.6 Å². The van der Waals surface area contributed by atoms with Crippen LogP contribution >= 0.6 is 23.4 Å². The van der Waals surface area contributed by atoms with E-state index in [0.29, 0.717) is 15.7 Å². The van der Waals surface area contributed by atoms with E-state index >= 15 is 0 Å². The minimum atomic E-state index is -0.516. The Bertz CT molecular complexity index is 707. The summed E-state index contributed by atoms with van der Waals surface area (Å²) in [5, 5.41) is 14.5. The minimum absolute atomic E-state index is 0.0782. The molecule has 0 saturated heterocycles. The van der Waals surface area contributed by atoms with E-state index in [1.54, 1.807) is 18.2 Å². The van der Waals surface area contributed by atoms with Gasteiger partial charge in [-0.3, -0.25) is 14.9 Å². The van der Waals surface area contributed by atoms with Gasteiger partial charge in [0.05, 0.1) is 15.7 Å². The van der Waals surface area contributed by atoms with Gasteiger partial charge >= 0.3 is 0 Å². The Labute approximate surface area is 136 Å². The van der Waals surface area contributed by atoms with Gasteiger partial charge in [0, 0.05) is 16.8 Å². The summed E-state index contributed by atoms with van der Waals surface area (Å²) in [5.74, 6) is -0.0251. The first kappa shape index (κ1) is 16.3. The molecule has 0 bridgehead atoms. The molecule has 0 fully saturated rings. The molecule has 1 aromatic heterocycles. The minimum Gasteiger partial charge on any atom is -0.325 e. The molecule has 0 radical (unpaired) electrons. The first-order valence-corrected chi connectivity index (χ1v) is 7.61. The highest BCUT2D eigenvalue weighted by Gasteiger charge is 2.09. The van der Waals surface area contributed by atoms with Crippen molar-refractivity contribution in [3.8, 4) is 0 Å². The number of rotatable bonds is 5. The summed E-state index contributed by atoms with van der Waals surface area (Å²) >= 11 is 7.06. The lowest BCUT2D eigenvalue weighted by Crippen LogP contribution is -2.14. The van der Waals surface area contributed by atoms with Gasteiger partial charge in [-0.1, -0.05) is 23.4 Å². The fourth-order valence-corrected chi connectivity index (χ4v) is 2.53. The number of aromatic nitrogens is 1. The lowest BCUT2D eigenvalue weighted by molar-refractivity contribution is -0.385. The SMILES string of the molecule is Cc1cc(Cl)ccc1NC(=O)CSc1ccc([N+](=O)[O-])cn1. The van der Waals surface area contributed by atoms with Crippen LogP contribution in [0.5, 0.6) is 0 Å². The Balaban J connectivity index is 1.91. The molecule has 2 rings (SSSR count). The molecule has 8 heteroatoms. The number of carbonyl (C=O) groups is 1. The molecule has 0 aliphatic rings. The number of hydrogen-bond donors (Lipinski definition) is 1. The number of hydrogen-bond acceptors (Lipinski definition) is 5. The van der Waals surface area contributed by atoms with E-state index in [4.69, 9.17) is 11.6 Å². The van der Waals surface area contributed by atoms with Crippen molar-refractivity contribution in [1.82, 2.24) is 4.98 Å². The van der Waals surface area contributed by atoms with E-state index in [0.717, 1.165) is 5.56 Å². The molecule has 1 amide bonds. The molecule has 2 aromatic rings. The van der Waals surface area contributed by atoms with Gasteiger partial charge in [-0.2, -0.15) is 0 Å². The second-order valence-electron chi connectivity index (χ2n) is 4.41. The molecule has 0 aliphatic carbocycles. The molecule has 0 saturated carbocycles. The highest BCUT2D eigenvalue weighted by Crippen LogP contribution is 2.21. The van der Waals surface area contributed by atoms with Crippen LogP contribution in [0.1, 0.15) is 5.56 Å². The van der Waals surface area contributed by atoms with Crippen molar-refractivity contribution in [2.24, 2.45) is 0 Å². The predicted octanol–water partition coefficient (Wildman–Crippen LogP) is 3.68. The van der Waals surface area contributed by atoms with Crippen LogP contribution in [0.3, 0.4) is 0 Å². The third-order valence-corrected chi connectivity index (χ3v) is 3.92. The number of halogens is 1. The smallest absolute Gasteiger partial charge is 0.287 e. The van der Waals surface area contributed by atoms with E-state index in [9.17, 15) is 14.9 Å². The maximum absolute atomic E-state index is 11.9. The molecular weight excluding hydrogens is 326 g/mol. The van der Waals surface area contributed by atoms with E-state index in [-0.39, 0.29) is 17.3 Å². The number of nitrogens with one attached hydrogen (secondary N) is 1. The van der Waals surface area contributed by atoms with Crippen molar-refractivity contribution in [2.75, 3.05) is 11.1 Å². The van der Waals surface area contributed by atoms with Crippen LogP contribution in [0.15, 0.2) is 41.6 Å². The Morgan fingerprint density at radius 2 is 2.18 bits per heavy atom. The van der Waals surface area contributed by atoms with E-state index in [1.807, 2.05) is 6.92 Å². The number of pyridine rings is 1. The first-order valence-electron chi connectivity index (χ1n) is 6.25. The zero-order valence-corrected chi connectivity index (χ0v) is 13.1. The molecule has 22 heavy (non-hydrogen) atoms. The number of nitro groups is 1. The summed E-state index contributed by atoms with van der Waals surface area (Å²) in [4.78, 5) is 25.8. The van der Waals surface area contributed by atoms with Crippen molar-refractivity contribution < 1.29 is 9.72 Å². The lowest BCUT2D eigenvalue weighted by Gasteiger charge is -2.08. The first-order chi connectivity index (χ1) is 10.5. The van der Waals surface area contributed by atoms with Crippen LogP contribution < -0.4 is 5.32 Å². The molecule has 0 unspecified atom stereocenters. The fraction of sp³-hybridized carbons (Fsp3) is 0.143. The topological polar surface area (TPSA) is 85.1 Å². The van der Waals surface area contributed by atoms with Crippen LogP contribution in [0.4, 0.5) is 11.4 Å². The molecule has 114 valence electrons. The van der Waals surface area contributed by atoms with Gasteiger partial charge in [0.15, 0.2) is 0 Å².